The zero-order valence-corrected chi connectivity index (χ0v) is 9.01. The highest BCUT2D eigenvalue weighted by molar-refractivity contribution is 5.44. The Morgan fingerprint density at radius 3 is 2.82 bits per heavy atom. The number of nitrogens with one attached hydrogen (secondary N) is 1. The fourth-order valence-electron chi connectivity index (χ4n) is 1.32. The number of anilines is 1. The van der Waals surface area contributed by atoms with E-state index in [2.05, 4.69) is 20.6 Å². The van der Waals surface area contributed by atoms with E-state index < -0.39 is 12.2 Å². The summed E-state index contributed by atoms with van der Waals surface area (Å²) in [5, 5.41) is 22.6. The van der Waals surface area contributed by atoms with Crippen LogP contribution in [0.25, 0.3) is 5.65 Å². The Balaban J connectivity index is 2.37. The largest absolute Gasteiger partial charge is 0.394 e. The van der Waals surface area contributed by atoms with Gasteiger partial charge in [-0.15, -0.1) is 15.3 Å². The van der Waals surface area contributed by atoms with E-state index in [0.717, 1.165) is 4.52 Å². The number of alkyl halides is 2. The molecule has 0 spiro atoms. The van der Waals surface area contributed by atoms with Gasteiger partial charge in [-0.25, -0.2) is 8.78 Å². The van der Waals surface area contributed by atoms with Crippen LogP contribution in [0.15, 0.2) is 12.1 Å². The number of halogens is 2. The highest BCUT2D eigenvalue weighted by Gasteiger charge is 2.17. The van der Waals surface area contributed by atoms with Crippen molar-refractivity contribution in [3.63, 3.8) is 0 Å². The van der Waals surface area contributed by atoms with Gasteiger partial charge in [-0.1, -0.05) is 0 Å². The summed E-state index contributed by atoms with van der Waals surface area (Å²) in [5.41, 5.74) is 0.252. The third kappa shape index (κ3) is 2.31. The van der Waals surface area contributed by atoms with Crippen LogP contribution in [-0.4, -0.2) is 37.6 Å². The van der Waals surface area contributed by atoms with Crippen molar-refractivity contribution in [2.75, 3.05) is 11.9 Å². The predicted octanol–water partition coefficient (Wildman–Crippen LogP) is 0.855. The second-order valence-corrected chi connectivity index (χ2v) is 3.58. The molecule has 0 saturated heterocycles. The van der Waals surface area contributed by atoms with Gasteiger partial charge < -0.3 is 10.4 Å². The molecule has 0 aliphatic carbocycles. The van der Waals surface area contributed by atoms with Crippen LogP contribution in [0.5, 0.6) is 0 Å². The van der Waals surface area contributed by atoms with Gasteiger partial charge in [0.2, 0.25) is 5.82 Å². The number of aromatic nitrogens is 4. The Morgan fingerprint density at radius 1 is 1.41 bits per heavy atom. The molecule has 0 bridgehead atoms. The molecule has 0 amide bonds. The Kier molecular flexibility index (Phi) is 3.14. The number of aliphatic hydroxyl groups is 1. The van der Waals surface area contributed by atoms with Crippen LogP contribution < -0.4 is 5.32 Å². The van der Waals surface area contributed by atoms with E-state index in [4.69, 9.17) is 5.11 Å². The highest BCUT2D eigenvalue weighted by atomic mass is 19.3. The van der Waals surface area contributed by atoms with Crippen LogP contribution in [0.4, 0.5) is 14.6 Å². The first-order valence-electron chi connectivity index (χ1n) is 4.99. The van der Waals surface area contributed by atoms with Crippen LogP contribution in [0, 0.1) is 0 Å². The quantitative estimate of drug-likeness (QED) is 0.832. The minimum absolute atomic E-state index is 0.0798. The summed E-state index contributed by atoms with van der Waals surface area (Å²) in [4.78, 5) is 0. The lowest BCUT2D eigenvalue weighted by atomic mass is 10.3. The molecule has 2 heterocycles. The molecule has 0 aliphatic heterocycles. The van der Waals surface area contributed by atoms with E-state index in [-0.39, 0.29) is 18.3 Å². The number of aliphatic hydroxyl groups excluding tert-OH is 1. The molecular weight excluding hydrogens is 232 g/mol. The van der Waals surface area contributed by atoms with Crippen LogP contribution in [0.3, 0.4) is 0 Å². The second kappa shape index (κ2) is 4.58. The van der Waals surface area contributed by atoms with E-state index in [0.29, 0.717) is 5.82 Å². The molecule has 0 unspecified atom stereocenters. The predicted molar refractivity (Wildman–Crippen MR) is 55.9 cm³/mol. The molecule has 2 aromatic heterocycles. The van der Waals surface area contributed by atoms with Crippen LogP contribution in [0.2, 0.25) is 0 Å². The molecule has 0 radical (unpaired) electrons. The van der Waals surface area contributed by atoms with Crippen molar-refractivity contribution in [1.29, 1.82) is 0 Å². The van der Waals surface area contributed by atoms with Gasteiger partial charge in [-0.2, -0.15) is 4.52 Å². The molecular formula is C9H11F2N5O. The third-order valence-corrected chi connectivity index (χ3v) is 2.15. The Labute approximate surface area is 95.3 Å². The van der Waals surface area contributed by atoms with Crippen molar-refractivity contribution in [3.05, 3.63) is 18.0 Å². The van der Waals surface area contributed by atoms with E-state index in [1.54, 1.807) is 13.0 Å². The van der Waals surface area contributed by atoms with Crippen LogP contribution >= 0.6 is 0 Å². The van der Waals surface area contributed by atoms with E-state index in [1.165, 1.54) is 6.07 Å². The fourth-order valence-corrected chi connectivity index (χ4v) is 1.32. The lowest BCUT2D eigenvalue weighted by Gasteiger charge is -2.11. The van der Waals surface area contributed by atoms with E-state index >= 15 is 0 Å². The molecule has 2 aromatic rings. The molecule has 0 saturated carbocycles. The normalized spacial score (nSPS) is 13.2. The van der Waals surface area contributed by atoms with Crippen molar-refractivity contribution in [2.45, 2.75) is 19.4 Å². The van der Waals surface area contributed by atoms with Gasteiger partial charge in [0.05, 0.1) is 6.61 Å². The number of hydrogen-bond acceptors (Lipinski definition) is 5. The summed E-state index contributed by atoms with van der Waals surface area (Å²) in [6.45, 7) is 1.66. The van der Waals surface area contributed by atoms with Gasteiger partial charge in [0, 0.05) is 6.04 Å². The number of hydrogen-bond donors (Lipinski definition) is 2. The van der Waals surface area contributed by atoms with Gasteiger partial charge in [0.15, 0.2) is 5.65 Å². The average molecular weight is 243 g/mol. The van der Waals surface area contributed by atoms with Gasteiger partial charge in [-0.05, 0) is 19.1 Å². The number of nitrogens with zero attached hydrogens (tertiary/aromatic N) is 4. The maximum absolute atomic E-state index is 12.6. The Morgan fingerprint density at radius 2 is 2.18 bits per heavy atom. The molecule has 8 heteroatoms. The lowest BCUT2D eigenvalue weighted by Crippen LogP contribution is -2.20. The summed E-state index contributed by atoms with van der Waals surface area (Å²) in [6, 6.07) is 2.90. The topological polar surface area (TPSA) is 75.3 Å². The summed E-state index contributed by atoms with van der Waals surface area (Å²) in [6.07, 6.45) is -2.73. The van der Waals surface area contributed by atoms with E-state index in [1.807, 2.05) is 0 Å². The fraction of sp³-hybridized carbons (Fsp3) is 0.444. The number of rotatable bonds is 4. The van der Waals surface area contributed by atoms with Crippen molar-refractivity contribution in [3.8, 4) is 0 Å². The average Bonchev–Trinajstić information content (AvgIpc) is 2.71. The molecule has 2 rings (SSSR count). The van der Waals surface area contributed by atoms with Crippen LogP contribution in [0.1, 0.15) is 19.2 Å². The standard InChI is InChI=1S/C9H11F2N5O/c1-5(4-17)12-6-2-3-7-13-14-9(8(10)11)16(7)15-6/h2-3,5,8,17H,4H2,1H3,(H,12,15)/t5-/m0/s1. The Hall–Kier alpha value is -1.83. The maximum Gasteiger partial charge on any atom is 0.299 e. The van der Waals surface area contributed by atoms with Gasteiger partial charge in [-0.3, -0.25) is 0 Å². The molecule has 0 fully saturated rings. The van der Waals surface area contributed by atoms with Crippen molar-refractivity contribution >= 4 is 11.5 Å². The van der Waals surface area contributed by atoms with Gasteiger partial charge in [0.1, 0.15) is 5.82 Å². The molecule has 92 valence electrons. The number of fused-ring (bicyclic) bond motifs is 1. The SMILES string of the molecule is C[C@@H](CO)Nc1ccc2nnc(C(F)F)n2n1. The van der Waals surface area contributed by atoms with E-state index in [9.17, 15) is 8.78 Å². The minimum Gasteiger partial charge on any atom is -0.394 e. The minimum atomic E-state index is -2.73. The molecule has 2 N–H and O–H groups in total. The first-order chi connectivity index (χ1) is 8.11. The Bertz CT molecular complexity index is 515. The first-order valence-corrected chi connectivity index (χ1v) is 4.99. The smallest absolute Gasteiger partial charge is 0.299 e. The lowest BCUT2D eigenvalue weighted by molar-refractivity contribution is 0.137. The van der Waals surface area contributed by atoms with Crippen molar-refractivity contribution in [2.24, 2.45) is 0 Å². The molecule has 17 heavy (non-hydrogen) atoms. The molecule has 0 aromatic carbocycles. The highest BCUT2D eigenvalue weighted by Crippen LogP contribution is 2.17. The van der Waals surface area contributed by atoms with Gasteiger partial charge in [0.25, 0.3) is 6.43 Å². The summed E-state index contributed by atoms with van der Waals surface area (Å²) in [7, 11) is 0. The van der Waals surface area contributed by atoms with Gasteiger partial charge >= 0.3 is 0 Å². The third-order valence-electron chi connectivity index (χ3n) is 2.15. The molecule has 1 atom stereocenters. The van der Waals surface area contributed by atoms with Crippen molar-refractivity contribution in [1.82, 2.24) is 19.8 Å². The monoisotopic (exact) mass is 243 g/mol. The van der Waals surface area contributed by atoms with Crippen molar-refractivity contribution < 1.29 is 13.9 Å². The zero-order chi connectivity index (χ0) is 12.4. The summed E-state index contributed by atoms with van der Waals surface area (Å²) >= 11 is 0. The summed E-state index contributed by atoms with van der Waals surface area (Å²) < 4.78 is 26.1. The second-order valence-electron chi connectivity index (χ2n) is 3.58. The summed E-state index contributed by atoms with van der Waals surface area (Å²) in [5.74, 6) is -0.124. The zero-order valence-electron chi connectivity index (χ0n) is 9.01. The first kappa shape index (κ1) is 11.6. The molecule has 6 nitrogen and oxygen atoms in total. The maximum atomic E-state index is 12.6. The van der Waals surface area contributed by atoms with Crippen LogP contribution in [-0.2, 0) is 0 Å². The molecule has 0 aliphatic rings.